The van der Waals surface area contributed by atoms with Gasteiger partial charge < -0.3 is 9.13 Å². The van der Waals surface area contributed by atoms with Crippen molar-refractivity contribution < 1.29 is 0 Å². The van der Waals surface area contributed by atoms with Gasteiger partial charge in [-0.2, -0.15) is 0 Å². The van der Waals surface area contributed by atoms with Crippen LogP contribution in [0.25, 0.3) is 0 Å². The van der Waals surface area contributed by atoms with Crippen LogP contribution in [0.15, 0.2) is 18.3 Å². The van der Waals surface area contributed by atoms with Crippen LogP contribution in [0.1, 0.15) is 23.8 Å². The fourth-order valence-electron chi connectivity index (χ4n) is 2.18. The fraction of sp³-hybridized carbons (Fsp3) is 0.455. The number of rotatable bonds is 2. The number of fused-ring (bicyclic) bond motifs is 1. The molecule has 0 spiro atoms. The summed E-state index contributed by atoms with van der Waals surface area (Å²) >= 11 is 0. The van der Waals surface area contributed by atoms with Crippen LogP contribution < -0.4 is 0 Å². The predicted octanol–water partition coefficient (Wildman–Crippen LogP) is 1.15. The number of hydrogen-bond acceptors (Lipinski definition) is 2. The molecule has 0 saturated carbocycles. The van der Waals surface area contributed by atoms with E-state index in [9.17, 15) is 0 Å². The molecule has 3 rings (SSSR count). The molecule has 0 fully saturated rings. The largest absolute Gasteiger partial charge is 0.354 e. The molecule has 0 atom stereocenters. The topological polar surface area (TPSA) is 35.6 Å². The van der Waals surface area contributed by atoms with Gasteiger partial charge in [-0.3, -0.25) is 0 Å². The Morgan fingerprint density at radius 3 is 3.13 bits per heavy atom. The van der Waals surface area contributed by atoms with E-state index in [1.54, 1.807) is 0 Å². The predicted molar refractivity (Wildman–Crippen MR) is 56.6 cm³/mol. The highest BCUT2D eigenvalue weighted by atomic mass is 15.3. The zero-order valence-electron chi connectivity index (χ0n) is 8.85. The second-order valence-corrected chi connectivity index (χ2v) is 4.07. The number of nitrogens with zero attached hydrogens (tertiary/aromatic N) is 4. The highest BCUT2D eigenvalue weighted by Gasteiger charge is 2.17. The molecule has 0 amide bonds. The highest BCUT2D eigenvalue weighted by molar-refractivity contribution is 5.14. The molecular weight excluding hydrogens is 188 g/mol. The molecule has 0 N–H and O–H groups in total. The summed E-state index contributed by atoms with van der Waals surface area (Å²) in [5.41, 5.74) is 1.29. The van der Waals surface area contributed by atoms with E-state index in [1.807, 2.05) is 0 Å². The fourth-order valence-corrected chi connectivity index (χ4v) is 2.18. The summed E-state index contributed by atoms with van der Waals surface area (Å²) in [6.07, 6.45) is 5.25. The molecule has 1 aliphatic heterocycles. The summed E-state index contributed by atoms with van der Waals surface area (Å²) in [5.74, 6) is 2.25. The zero-order valence-corrected chi connectivity index (χ0v) is 8.85. The molecule has 2 aromatic heterocycles. The molecule has 0 radical (unpaired) electrons. The van der Waals surface area contributed by atoms with Crippen molar-refractivity contribution in [3.05, 3.63) is 35.7 Å². The first-order valence-corrected chi connectivity index (χ1v) is 5.36. The molecule has 4 heteroatoms. The van der Waals surface area contributed by atoms with Crippen molar-refractivity contribution in [2.24, 2.45) is 7.05 Å². The lowest BCUT2D eigenvalue weighted by molar-refractivity contribution is 0.688. The molecule has 0 saturated heterocycles. The molecule has 78 valence electrons. The Hall–Kier alpha value is -1.58. The molecule has 0 aromatic carbocycles. The summed E-state index contributed by atoms with van der Waals surface area (Å²) in [4.78, 5) is 0. The van der Waals surface area contributed by atoms with Crippen molar-refractivity contribution in [2.45, 2.75) is 25.8 Å². The van der Waals surface area contributed by atoms with Crippen molar-refractivity contribution in [3.8, 4) is 0 Å². The highest BCUT2D eigenvalue weighted by Crippen LogP contribution is 2.16. The van der Waals surface area contributed by atoms with Crippen LogP contribution in [0.5, 0.6) is 0 Å². The first kappa shape index (κ1) is 8.71. The minimum atomic E-state index is 0.885. The second-order valence-electron chi connectivity index (χ2n) is 4.07. The summed E-state index contributed by atoms with van der Waals surface area (Å²) in [7, 11) is 2.07. The monoisotopic (exact) mass is 202 g/mol. The normalized spacial score (nSPS) is 14.5. The first-order chi connectivity index (χ1) is 7.34. The second kappa shape index (κ2) is 3.22. The minimum absolute atomic E-state index is 0.885. The summed E-state index contributed by atoms with van der Waals surface area (Å²) < 4.78 is 4.39. The Kier molecular flexibility index (Phi) is 1.87. The average molecular weight is 202 g/mol. The Morgan fingerprint density at radius 2 is 2.33 bits per heavy atom. The van der Waals surface area contributed by atoms with Gasteiger partial charge in [-0.05, 0) is 18.6 Å². The van der Waals surface area contributed by atoms with Gasteiger partial charge in [0.25, 0.3) is 0 Å². The van der Waals surface area contributed by atoms with E-state index in [0.717, 1.165) is 31.0 Å². The summed E-state index contributed by atoms with van der Waals surface area (Å²) in [6.45, 7) is 1.09. The zero-order chi connectivity index (χ0) is 10.3. The minimum Gasteiger partial charge on any atom is -0.354 e. The van der Waals surface area contributed by atoms with Crippen molar-refractivity contribution in [1.82, 2.24) is 19.3 Å². The maximum atomic E-state index is 4.25. The van der Waals surface area contributed by atoms with Gasteiger partial charge in [-0.15, -0.1) is 10.2 Å². The van der Waals surface area contributed by atoms with Crippen LogP contribution in [0.2, 0.25) is 0 Å². The Balaban J connectivity index is 1.92. The first-order valence-electron chi connectivity index (χ1n) is 5.36. The quantitative estimate of drug-likeness (QED) is 0.732. The third-order valence-electron chi connectivity index (χ3n) is 3.08. The third-order valence-corrected chi connectivity index (χ3v) is 3.08. The van der Waals surface area contributed by atoms with E-state index >= 15 is 0 Å². The standard InChI is InChI=1S/C11H14N4/c1-14-6-2-4-9(14)8-11-13-12-10-5-3-7-15(10)11/h2,4,6H,3,5,7-8H2,1H3. The van der Waals surface area contributed by atoms with Crippen LogP contribution in [0.4, 0.5) is 0 Å². The van der Waals surface area contributed by atoms with Crippen molar-refractivity contribution >= 4 is 0 Å². The van der Waals surface area contributed by atoms with Crippen LogP contribution in [-0.4, -0.2) is 19.3 Å². The van der Waals surface area contributed by atoms with E-state index in [-0.39, 0.29) is 0 Å². The summed E-state index contributed by atoms with van der Waals surface area (Å²) in [5, 5.41) is 8.46. The van der Waals surface area contributed by atoms with E-state index in [0.29, 0.717) is 0 Å². The smallest absolute Gasteiger partial charge is 0.138 e. The molecule has 15 heavy (non-hydrogen) atoms. The number of aryl methyl sites for hydroxylation is 2. The van der Waals surface area contributed by atoms with Gasteiger partial charge in [0.2, 0.25) is 0 Å². The van der Waals surface area contributed by atoms with E-state index in [2.05, 4.69) is 44.7 Å². The molecule has 2 aromatic rings. The van der Waals surface area contributed by atoms with Crippen molar-refractivity contribution in [2.75, 3.05) is 0 Å². The molecular formula is C11H14N4. The van der Waals surface area contributed by atoms with Crippen LogP contribution in [0, 0.1) is 0 Å². The SMILES string of the molecule is Cn1cccc1Cc1nnc2n1CCC2. The van der Waals surface area contributed by atoms with Gasteiger partial charge in [0, 0.05) is 38.3 Å². The molecule has 0 unspecified atom stereocenters. The molecule has 0 bridgehead atoms. The molecule has 1 aliphatic rings. The van der Waals surface area contributed by atoms with Crippen LogP contribution >= 0.6 is 0 Å². The van der Waals surface area contributed by atoms with Crippen molar-refractivity contribution in [1.29, 1.82) is 0 Å². The van der Waals surface area contributed by atoms with E-state index in [4.69, 9.17) is 0 Å². The number of aromatic nitrogens is 4. The van der Waals surface area contributed by atoms with Crippen LogP contribution in [0.3, 0.4) is 0 Å². The van der Waals surface area contributed by atoms with Gasteiger partial charge in [0.05, 0.1) is 0 Å². The molecule has 0 aliphatic carbocycles. The molecule has 4 nitrogen and oxygen atoms in total. The van der Waals surface area contributed by atoms with Gasteiger partial charge in [-0.25, -0.2) is 0 Å². The Labute approximate surface area is 88.6 Å². The van der Waals surface area contributed by atoms with Crippen molar-refractivity contribution in [3.63, 3.8) is 0 Å². The lowest BCUT2D eigenvalue weighted by Crippen LogP contribution is -2.04. The van der Waals surface area contributed by atoms with Gasteiger partial charge in [-0.1, -0.05) is 0 Å². The van der Waals surface area contributed by atoms with Crippen LogP contribution in [-0.2, 0) is 26.4 Å². The lowest BCUT2D eigenvalue weighted by Gasteiger charge is -2.04. The Bertz CT molecular complexity index is 480. The Morgan fingerprint density at radius 1 is 1.40 bits per heavy atom. The number of hydrogen-bond donors (Lipinski definition) is 0. The van der Waals surface area contributed by atoms with Gasteiger partial charge in [0.15, 0.2) is 0 Å². The van der Waals surface area contributed by atoms with Gasteiger partial charge >= 0.3 is 0 Å². The lowest BCUT2D eigenvalue weighted by atomic mass is 10.3. The van der Waals surface area contributed by atoms with Gasteiger partial charge in [0.1, 0.15) is 11.6 Å². The van der Waals surface area contributed by atoms with E-state index < -0.39 is 0 Å². The average Bonchev–Trinajstić information content (AvgIpc) is 2.86. The third kappa shape index (κ3) is 1.37. The summed E-state index contributed by atoms with van der Waals surface area (Å²) in [6, 6.07) is 4.20. The maximum absolute atomic E-state index is 4.25. The van der Waals surface area contributed by atoms with E-state index in [1.165, 1.54) is 12.1 Å². The maximum Gasteiger partial charge on any atom is 0.138 e. The molecule has 3 heterocycles.